The summed E-state index contributed by atoms with van der Waals surface area (Å²) < 4.78 is 1.18. The molecular formula is C22H17N3S2. The minimum absolute atomic E-state index is 1.02. The predicted octanol–water partition coefficient (Wildman–Crippen LogP) is 6.91. The number of thioether (sulfide) groups is 1. The van der Waals surface area contributed by atoms with Crippen molar-refractivity contribution in [2.24, 2.45) is 0 Å². The summed E-state index contributed by atoms with van der Waals surface area (Å²) in [5, 5.41) is 4.77. The molecule has 2 N–H and O–H groups in total. The molecule has 5 rings (SSSR count). The van der Waals surface area contributed by atoms with Crippen molar-refractivity contribution in [1.29, 1.82) is 0 Å². The molecule has 3 aromatic heterocycles. The zero-order chi connectivity index (χ0) is 18.2. The molecule has 0 fully saturated rings. The standard InChI is InChI=1S/C22H17N3S2/c1-26-17-5-2-14(3-6-17)21-13-20-22(27-21)19(9-11-24-20)25-16-4-7-18-15(12-16)8-10-23-18/h2-13,23H,1H3,(H,24,25). The van der Waals surface area contributed by atoms with Crippen molar-refractivity contribution < 1.29 is 0 Å². The Kier molecular flexibility index (Phi) is 4.11. The highest BCUT2D eigenvalue weighted by atomic mass is 32.2. The molecule has 5 aromatic rings. The highest BCUT2D eigenvalue weighted by Crippen LogP contribution is 2.38. The molecule has 27 heavy (non-hydrogen) atoms. The van der Waals surface area contributed by atoms with Gasteiger partial charge in [-0.05, 0) is 60.4 Å². The number of pyridine rings is 1. The summed E-state index contributed by atoms with van der Waals surface area (Å²) in [6.07, 6.45) is 5.93. The topological polar surface area (TPSA) is 40.7 Å². The first kappa shape index (κ1) is 16.4. The zero-order valence-corrected chi connectivity index (χ0v) is 16.3. The fraction of sp³-hybridized carbons (Fsp3) is 0.0455. The number of nitrogens with one attached hydrogen (secondary N) is 2. The van der Waals surface area contributed by atoms with Gasteiger partial charge in [-0.15, -0.1) is 23.1 Å². The van der Waals surface area contributed by atoms with Gasteiger partial charge in [0.05, 0.1) is 15.9 Å². The van der Waals surface area contributed by atoms with Crippen molar-refractivity contribution in [1.82, 2.24) is 9.97 Å². The van der Waals surface area contributed by atoms with Crippen molar-refractivity contribution in [3.63, 3.8) is 0 Å². The van der Waals surface area contributed by atoms with Gasteiger partial charge in [0.1, 0.15) is 0 Å². The number of aromatic amines is 1. The first-order valence-corrected chi connectivity index (χ1v) is 10.7. The summed E-state index contributed by atoms with van der Waals surface area (Å²) in [5.74, 6) is 0. The summed E-state index contributed by atoms with van der Waals surface area (Å²) in [6.45, 7) is 0. The number of hydrogen-bond acceptors (Lipinski definition) is 4. The molecule has 132 valence electrons. The van der Waals surface area contributed by atoms with Gasteiger partial charge < -0.3 is 10.3 Å². The van der Waals surface area contributed by atoms with Gasteiger partial charge in [0.25, 0.3) is 0 Å². The van der Waals surface area contributed by atoms with Gasteiger partial charge in [-0.1, -0.05) is 12.1 Å². The molecule has 0 unspecified atom stereocenters. The Labute approximate surface area is 165 Å². The van der Waals surface area contributed by atoms with Crippen LogP contribution in [-0.4, -0.2) is 16.2 Å². The lowest BCUT2D eigenvalue weighted by atomic mass is 10.2. The van der Waals surface area contributed by atoms with Crippen LogP contribution in [0.1, 0.15) is 0 Å². The summed E-state index contributed by atoms with van der Waals surface area (Å²) in [7, 11) is 0. The average Bonchev–Trinajstić information content (AvgIpc) is 3.35. The van der Waals surface area contributed by atoms with E-state index in [4.69, 9.17) is 0 Å². The van der Waals surface area contributed by atoms with Gasteiger partial charge in [0, 0.05) is 38.8 Å². The Hall–Kier alpha value is -2.76. The molecule has 0 aliphatic heterocycles. The third-order valence-electron chi connectivity index (χ3n) is 4.62. The number of hydrogen-bond donors (Lipinski definition) is 2. The number of thiophene rings is 1. The normalized spacial score (nSPS) is 11.3. The molecular weight excluding hydrogens is 370 g/mol. The van der Waals surface area contributed by atoms with Crippen LogP contribution in [0.3, 0.4) is 0 Å². The van der Waals surface area contributed by atoms with E-state index in [1.54, 1.807) is 23.1 Å². The maximum atomic E-state index is 4.57. The maximum absolute atomic E-state index is 4.57. The molecule has 3 heterocycles. The molecule has 0 spiro atoms. The highest BCUT2D eigenvalue weighted by molar-refractivity contribution is 7.98. The lowest BCUT2D eigenvalue weighted by Crippen LogP contribution is -1.90. The van der Waals surface area contributed by atoms with Gasteiger partial charge >= 0.3 is 0 Å². The van der Waals surface area contributed by atoms with Crippen molar-refractivity contribution in [2.75, 3.05) is 11.6 Å². The van der Waals surface area contributed by atoms with Crippen LogP contribution in [0, 0.1) is 0 Å². The average molecular weight is 388 g/mol. The van der Waals surface area contributed by atoms with Crippen molar-refractivity contribution in [3.05, 3.63) is 73.1 Å². The number of anilines is 2. The van der Waals surface area contributed by atoms with E-state index in [2.05, 4.69) is 76.1 Å². The quantitative estimate of drug-likeness (QED) is 0.329. The van der Waals surface area contributed by atoms with Crippen molar-refractivity contribution in [2.45, 2.75) is 4.90 Å². The molecule has 0 atom stereocenters. The van der Waals surface area contributed by atoms with E-state index in [0.717, 1.165) is 22.4 Å². The molecule has 0 radical (unpaired) electrons. The predicted molar refractivity (Wildman–Crippen MR) is 118 cm³/mol. The van der Waals surface area contributed by atoms with Crippen LogP contribution < -0.4 is 5.32 Å². The van der Waals surface area contributed by atoms with Crippen LogP contribution in [0.5, 0.6) is 0 Å². The number of fused-ring (bicyclic) bond motifs is 2. The summed E-state index contributed by atoms with van der Waals surface area (Å²) >= 11 is 3.54. The fourth-order valence-electron chi connectivity index (χ4n) is 3.22. The van der Waals surface area contributed by atoms with Crippen LogP contribution >= 0.6 is 23.1 Å². The van der Waals surface area contributed by atoms with E-state index >= 15 is 0 Å². The smallest absolute Gasteiger partial charge is 0.0837 e. The summed E-state index contributed by atoms with van der Waals surface area (Å²) in [6, 6.07) is 21.4. The summed E-state index contributed by atoms with van der Waals surface area (Å²) in [4.78, 5) is 10.3. The lowest BCUT2D eigenvalue weighted by molar-refractivity contribution is 1.42. The van der Waals surface area contributed by atoms with Gasteiger partial charge in [0.2, 0.25) is 0 Å². The first-order chi connectivity index (χ1) is 13.3. The van der Waals surface area contributed by atoms with Gasteiger partial charge in [-0.25, -0.2) is 0 Å². The fourth-order valence-corrected chi connectivity index (χ4v) is 4.72. The van der Waals surface area contributed by atoms with E-state index in [1.165, 1.54) is 25.4 Å². The van der Waals surface area contributed by atoms with E-state index in [0.29, 0.717) is 0 Å². The molecule has 3 nitrogen and oxygen atoms in total. The van der Waals surface area contributed by atoms with Gasteiger partial charge in [-0.3, -0.25) is 4.98 Å². The molecule has 0 aliphatic rings. The van der Waals surface area contributed by atoms with E-state index < -0.39 is 0 Å². The minimum atomic E-state index is 1.02. The molecule has 2 aromatic carbocycles. The molecule has 0 aliphatic carbocycles. The van der Waals surface area contributed by atoms with E-state index in [-0.39, 0.29) is 0 Å². The number of aromatic nitrogens is 2. The third-order valence-corrected chi connectivity index (χ3v) is 6.57. The maximum Gasteiger partial charge on any atom is 0.0837 e. The van der Waals surface area contributed by atoms with Gasteiger partial charge in [0.15, 0.2) is 0 Å². The van der Waals surface area contributed by atoms with Crippen LogP contribution in [0.2, 0.25) is 0 Å². The third kappa shape index (κ3) is 3.09. The largest absolute Gasteiger partial charge is 0.361 e. The number of rotatable bonds is 4. The number of H-pyrrole nitrogens is 1. The SMILES string of the molecule is CSc1ccc(-c2cc3nccc(Nc4ccc5[nH]ccc5c4)c3s2)cc1. The monoisotopic (exact) mass is 387 g/mol. The van der Waals surface area contributed by atoms with Crippen LogP contribution in [0.25, 0.3) is 31.6 Å². The van der Waals surface area contributed by atoms with E-state index in [9.17, 15) is 0 Å². The Morgan fingerprint density at radius 1 is 1.00 bits per heavy atom. The van der Waals surface area contributed by atoms with Gasteiger partial charge in [-0.2, -0.15) is 0 Å². The minimum Gasteiger partial charge on any atom is -0.361 e. The number of nitrogens with zero attached hydrogens (tertiary/aromatic N) is 1. The van der Waals surface area contributed by atoms with Crippen LogP contribution in [0.4, 0.5) is 11.4 Å². The lowest BCUT2D eigenvalue weighted by Gasteiger charge is -2.07. The Balaban J connectivity index is 1.53. The second-order valence-corrected chi connectivity index (χ2v) is 8.25. The molecule has 0 amide bonds. The molecule has 0 saturated carbocycles. The molecule has 5 heteroatoms. The number of benzene rings is 2. The van der Waals surface area contributed by atoms with Crippen molar-refractivity contribution >= 4 is 55.6 Å². The Morgan fingerprint density at radius 2 is 1.89 bits per heavy atom. The molecule has 0 bridgehead atoms. The Bertz CT molecular complexity index is 1240. The Morgan fingerprint density at radius 3 is 2.74 bits per heavy atom. The zero-order valence-electron chi connectivity index (χ0n) is 14.7. The van der Waals surface area contributed by atoms with Crippen LogP contribution in [0.15, 0.2) is 78.0 Å². The highest BCUT2D eigenvalue weighted by Gasteiger charge is 2.10. The molecule has 0 saturated heterocycles. The first-order valence-electron chi connectivity index (χ1n) is 8.67. The second kappa shape index (κ2) is 6.76. The second-order valence-electron chi connectivity index (χ2n) is 6.32. The summed E-state index contributed by atoms with van der Waals surface area (Å²) in [5.41, 5.74) is 5.57. The van der Waals surface area contributed by atoms with Crippen molar-refractivity contribution in [3.8, 4) is 10.4 Å². The van der Waals surface area contributed by atoms with E-state index in [1.807, 2.05) is 18.5 Å². The van der Waals surface area contributed by atoms with Crippen LogP contribution in [-0.2, 0) is 0 Å².